The third-order valence-corrected chi connectivity index (χ3v) is 4.11. The van der Waals surface area contributed by atoms with Gasteiger partial charge in [-0.1, -0.05) is 24.3 Å². The van der Waals surface area contributed by atoms with Crippen LogP contribution < -0.4 is 10.1 Å². The molecule has 122 valence electrons. The molecule has 2 aromatic carbocycles. The van der Waals surface area contributed by atoms with Crippen LogP contribution in [-0.4, -0.2) is 16.4 Å². The quantitative estimate of drug-likeness (QED) is 0.760. The number of anilines is 1. The average Bonchev–Trinajstić information content (AvgIpc) is 3.04. The zero-order valence-corrected chi connectivity index (χ0v) is 13.7. The summed E-state index contributed by atoms with van der Waals surface area (Å²) in [4.78, 5) is 12.9. The van der Waals surface area contributed by atoms with Crippen molar-refractivity contribution in [3.8, 4) is 11.7 Å². The third-order valence-electron chi connectivity index (χ3n) is 3.19. The number of rotatable bonds is 5. The summed E-state index contributed by atoms with van der Waals surface area (Å²) in [6, 6.07) is 19.1. The second kappa shape index (κ2) is 7.14. The Labute approximate surface area is 141 Å². The third kappa shape index (κ3) is 3.91. The molecule has 5 nitrogen and oxygen atoms in total. The van der Waals surface area contributed by atoms with Crippen molar-refractivity contribution >= 4 is 22.4 Å². The van der Waals surface area contributed by atoms with E-state index in [0.717, 1.165) is 0 Å². The maximum atomic E-state index is 12.2. The summed E-state index contributed by atoms with van der Waals surface area (Å²) < 4.78 is 22.4. The summed E-state index contributed by atoms with van der Waals surface area (Å²) in [5.74, 6) is 0.576. The van der Waals surface area contributed by atoms with E-state index in [0.29, 0.717) is 16.3 Å². The zero-order chi connectivity index (χ0) is 16.9. The molecule has 0 saturated heterocycles. The molecule has 0 aliphatic heterocycles. The van der Waals surface area contributed by atoms with Crippen LogP contribution >= 0.6 is 0 Å². The molecule has 0 fully saturated rings. The lowest BCUT2D eigenvalue weighted by Gasteiger charge is -2.05. The van der Waals surface area contributed by atoms with Crippen molar-refractivity contribution in [1.29, 1.82) is 0 Å². The first-order chi connectivity index (χ1) is 11.6. The summed E-state index contributed by atoms with van der Waals surface area (Å²) in [5.41, 5.74) is 0.551. The highest BCUT2D eigenvalue weighted by molar-refractivity contribution is 7.84. The Bertz CT molecular complexity index is 873. The van der Waals surface area contributed by atoms with Gasteiger partial charge in [-0.25, -0.2) is 0 Å². The van der Waals surface area contributed by atoms with Gasteiger partial charge in [-0.05, 0) is 36.4 Å². The first kappa shape index (κ1) is 16.0. The minimum Gasteiger partial charge on any atom is -0.426 e. The van der Waals surface area contributed by atoms with Gasteiger partial charge in [-0.3, -0.25) is 9.00 Å². The molecule has 0 saturated carbocycles. The van der Waals surface area contributed by atoms with Crippen LogP contribution in [0.1, 0.15) is 10.6 Å². The smallest absolute Gasteiger partial charge is 0.291 e. The molecule has 1 atom stereocenters. The van der Waals surface area contributed by atoms with Gasteiger partial charge in [0.1, 0.15) is 5.75 Å². The number of carbonyl (C=O) groups excluding carboxylic acids is 1. The number of para-hydroxylation sites is 1. The van der Waals surface area contributed by atoms with Crippen LogP contribution in [-0.2, 0) is 10.8 Å². The van der Waals surface area contributed by atoms with Crippen molar-refractivity contribution in [1.82, 2.24) is 0 Å². The van der Waals surface area contributed by atoms with Crippen LogP contribution in [0, 0.1) is 0 Å². The van der Waals surface area contributed by atoms with Gasteiger partial charge >= 0.3 is 0 Å². The molecule has 3 aromatic rings. The molecule has 0 spiro atoms. The Morgan fingerprint density at radius 3 is 2.58 bits per heavy atom. The van der Waals surface area contributed by atoms with Gasteiger partial charge < -0.3 is 14.5 Å². The lowest BCUT2D eigenvalue weighted by Crippen LogP contribution is -2.11. The van der Waals surface area contributed by atoms with Gasteiger partial charge in [-0.2, -0.15) is 0 Å². The highest BCUT2D eigenvalue weighted by atomic mass is 32.2. The van der Waals surface area contributed by atoms with Crippen molar-refractivity contribution in [3.63, 3.8) is 0 Å². The van der Waals surface area contributed by atoms with Crippen molar-refractivity contribution in [2.24, 2.45) is 0 Å². The van der Waals surface area contributed by atoms with E-state index < -0.39 is 16.7 Å². The number of hydrogen-bond acceptors (Lipinski definition) is 4. The summed E-state index contributed by atoms with van der Waals surface area (Å²) in [7, 11) is -1.11. The molecule has 1 N–H and O–H groups in total. The second-order valence-electron chi connectivity index (χ2n) is 4.97. The largest absolute Gasteiger partial charge is 0.426 e. The molecule has 1 amide bonds. The first-order valence-electron chi connectivity index (χ1n) is 7.19. The van der Waals surface area contributed by atoms with Crippen LogP contribution in [0.2, 0.25) is 0 Å². The molecular weight excluding hydrogens is 326 g/mol. The Balaban J connectivity index is 1.70. The topological polar surface area (TPSA) is 68.5 Å². The van der Waals surface area contributed by atoms with Gasteiger partial charge in [0.2, 0.25) is 0 Å². The molecular formula is C18H15NO4S. The fourth-order valence-corrected chi connectivity index (χ4v) is 2.61. The van der Waals surface area contributed by atoms with E-state index >= 15 is 0 Å². The van der Waals surface area contributed by atoms with E-state index in [1.54, 1.807) is 48.7 Å². The van der Waals surface area contributed by atoms with Gasteiger partial charge in [0.25, 0.3) is 11.9 Å². The maximum Gasteiger partial charge on any atom is 0.291 e. The molecule has 0 aliphatic carbocycles. The standard InChI is InChI=1S/C18H15NO4S/c1-24(21)15-9-5-6-13(12-15)19-18(20)16-10-11-17(23-16)22-14-7-3-2-4-8-14/h2-12H,1H3,(H,19,20). The zero-order valence-electron chi connectivity index (χ0n) is 12.9. The van der Waals surface area contributed by atoms with E-state index in [1.165, 1.54) is 6.07 Å². The normalized spacial score (nSPS) is 11.7. The molecule has 6 heteroatoms. The number of carbonyl (C=O) groups is 1. The minimum atomic E-state index is -1.11. The predicted octanol–water partition coefficient (Wildman–Crippen LogP) is 4.06. The molecule has 3 rings (SSSR count). The van der Waals surface area contributed by atoms with E-state index in [1.807, 2.05) is 18.2 Å². The van der Waals surface area contributed by atoms with Crippen LogP contribution in [0.15, 0.2) is 76.0 Å². The number of amides is 1. The molecule has 0 aliphatic rings. The maximum absolute atomic E-state index is 12.2. The van der Waals surface area contributed by atoms with Crippen molar-refractivity contribution in [2.75, 3.05) is 11.6 Å². The Morgan fingerprint density at radius 2 is 1.83 bits per heavy atom. The lowest BCUT2D eigenvalue weighted by atomic mass is 10.3. The number of ether oxygens (including phenoxy) is 1. The Kier molecular flexibility index (Phi) is 4.77. The van der Waals surface area contributed by atoms with E-state index in [4.69, 9.17) is 9.15 Å². The van der Waals surface area contributed by atoms with E-state index in [9.17, 15) is 9.00 Å². The molecule has 1 heterocycles. The SMILES string of the molecule is CS(=O)c1cccc(NC(=O)c2ccc(Oc3ccccc3)o2)c1. The van der Waals surface area contributed by atoms with Crippen LogP contribution in [0.4, 0.5) is 5.69 Å². The number of nitrogens with one attached hydrogen (secondary N) is 1. The van der Waals surface area contributed by atoms with Crippen molar-refractivity contribution < 1.29 is 18.2 Å². The fourth-order valence-electron chi connectivity index (χ4n) is 2.05. The van der Waals surface area contributed by atoms with Crippen LogP contribution in [0.25, 0.3) is 0 Å². The number of hydrogen-bond donors (Lipinski definition) is 1. The molecule has 1 aromatic heterocycles. The van der Waals surface area contributed by atoms with Gasteiger partial charge in [0.15, 0.2) is 5.76 Å². The summed E-state index contributed by atoms with van der Waals surface area (Å²) in [5, 5.41) is 2.71. The predicted molar refractivity (Wildman–Crippen MR) is 92.0 cm³/mol. The second-order valence-corrected chi connectivity index (χ2v) is 6.35. The number of furan rings is 1. The van der Waals surface area contributed by atoms with Crippen molar-refractivity contribution in [2.45, 2.75) is 4.90 Å². The summed E-state index contributed by atoms with van der Waals surface area (Å²) >= 11 is 0. The molecule has 24 heavy (non-hydrogen) atoms. The first-order valence-corrected chi connectivity index (χ1v) is 8.75. The van der Waals surface area contributed by atoms with Gasteiger partial charge in [-0.15, -0.1) is 0 Å². The van der Waals surface area contributed by atoms with E-state index in [2.05, 4.69) is 5.32 Å². The van der Waals surface area contributed by atoms with Crippen LogP contribution in [0.5, 0.6) is 11.7 Å². The monoisotopic (exact) mass is 341 g/mol. The molecule has 0 bridgehead atoms. The average molecular weight is 341 g/mol. The highest BCUT2D eigenvalue weighted by Crippen LogP contribution is 2.24. The molecule has 0 radical (unpaired) electrons. The summed E-state index contributed by atoms with van der Waals surface area (Å²) in [6.07, 6.45) is 1.58. The Morgan fingerprint density at radius 1 is 1.04 bits per heavy atom. The lowest BCUT2D eigenvalue weighted by molar-refractivity contribution is 0.0992. The van der Waals surface area contributed by atoms with Crippen LogP contribution in [0.3, 0.4) is 0 Å². The van der Waals surface area contributed by atoms with Crippen molar-refractivity contribution in [3.05, 3.63) is 72.5 Å². The summed E-state index contributed by atoms with van der Waals surface area (Å²) in [6.45, 7) is 0. The number of benzene rings is 2. The van der Waals surface area contributed by atoms with E-state index in [-0.39, 0.29) is 11.7 Å². The highest BCUT2D eigenvalue weighted by Gasteiger charge is 2.13. The molecule has 1 unspecified atom stereocenters. The van der Waals surface area contributed by atoms with Gasteiger partial charge in [0, 0.05) is 33.7 Å². The Hall–Kier alpha value is -2.86. The minimum absolute atomic E-state index is 0.129. The van der Waals surface area contributed by atoms with Gasteiger partial charge in [0.05, 0.1) is 0 Å². The fraction of sp³-hybridized carbons (Fsp3) is 0.0556.